The van der Waals surface area contributed by atoms with Gasteiger partial charge in [-0.05, 0) is 25.8 Å². The lowest BCUT2D eigenvalue weighted by Crippen LogP contribution is -2.29. The predicted molar refractivity (Wildman–Crippen MR) is 97.2 cm³/mol. The zero-order valence-corrected chi connectivity index (χ0v) is 15.0. The first-order valence-corrected chi connectivity index (χ1v) is 8.67. The fourth-order valence-electron chi connectivity index (χ4n) is 2.87. The quantitative estimate of drug-likeness (QED) is 0.782. The van der Waals surface area contributed by atoms with Crippen molar-refractivity contribution in [1.29, 1.82) is 0 Å². The van der Waals surface area contributed by atoms with Crippen LogP contribution in [0.2, 0.25) is 0 Å². The summed E-state index contributed by atoms with van der Waals surface area (Å²) in [6.45, 7) is 6.14. The summed E-state index contributed by atoms with van der Waals surface area (Å²) in [5.41, 5.74) is 1.42. The van der Waals surface area contributed by atoms with E-state index in [1.807, 2.05) is 37.3 Å². The first-order valence-electron chi connectivity index (χ1n) is 8.67. The standard InChI is InChI=1S/C20H25NO4/c1-4-6-12-21-14(3)17(20(24)25-5-2)18(22)16(19(21)23)13-15-10-8-7-9-11-15/h7-11,22H,4-6,12-13H2,1-3H3. The summed E-state index contributed by atoms with van der Waals surface area (Å²) < 4.78 is 6.66. The highest BCUT2D eigenvalue weighted by Gasteiger charge is 2.24. The lowest BCUT2D eigenvalue weighted by atomic mass is 10.0. The van der Waals surface area contributed by atoms with Crippen molar-refractivity contribution in [2.24, 2.45) is 0 Å². The average molecular weight is 343 g/mol. The molecule has 0 aliphatic heterocycles. The van der Waals surface area contributed by atoms with Gasteiger partial charge in [0, 0.05) is 18.7 Å². The molecule has 1 aromatic carbocycles. The Hall–Kier alpha value is -2.56. The maximum atomic E-state index is 12.9. The topological polar surface area (TPSA) is 68.5 Å². The molecule has 25 heavy (non-hydrogen) atoms. The monoisotopic (exact) mass is 343 g/mol. The number of nitrogens with zero attached hydrogens (tertiary/aromatic N) is 1. The Labute approximate surface area is 147 Å². The fraction of sp³-hybridized carbons (Fsp3) is 0.400. The molecule has 134 valence electrons. The summed E-state index contributed by atoms with van der Waals surface area (Å²) in [5.74, 6) is -0.866. The number of benzene rings is 1. The van der Waals surface area contributed by atoms with Gasteiger partial charge in [-0.25, -0.2) is 4.79 Å². The van der Waals surface area contributed by atoms with Crippen LogP contribution >= 0.6 is 0 Å². The molecule has 0 spiro atoms. The third kappa shape index (κ3) is 4.10. The number of hydrogen-bond acceptors (Lipinski definition) is 4. The largest absolute Gasteiger partial charge is 0.506 e. The van der Waals surface area contributed by atoms with Gasteiger partial charge in [0.2, 0.25) is 0 Å². The highest BCUT2D eigenvalue weighted by Crippen LogP contribution is 2.26. The molecule has 2 rings (SSSR count). The number of aromatic hydroxyl groups is 1. The Bertz CT molecular complexity index is 794. The number of carbonyl (C=O) groups excluding carboxylic acids is 1. The van der Waals surface area contributed by atoms with Gasteiger partial charge in [-0.15, -0.1) is 0 Å². The van der Waals surface area contributed by atoms with Crippen LogP contribution in [0.4, 0.5) is 0 Å². The van der Waals surface area contributed by atoms with Crippen LogP contribution in [0.5, 0.6) is 5.75 Å². The van der Waals surface area contributed by atoms with E-state index < -0.39 is 5.97 Å². The van der Waals surface area contributed by atoms with Crippen molar-refractivity contribution in [3.8, 4) is 5.75 Å². The fourth-order valence-corrected chi connectivity index (χ4v) is 2.87. The minimum atomic E-state index is -0.600. The van der Waals surface area contributed by atoms with Crippen molar-refractivity contribution < 1.29 is 14.6 Å². The van der Waals surface area contributed by atoms with E-state index in [0.717, 1.165) is 18.4 Å². The lowest BCUT2D eigenvalue weighted by Gasteiger charge is -2.18. The van der Waals surface area contributed by atoms with Crippen LogP contribution in [-0.4, -0.2) is 22.2 Å². The first-order chi connectivity index (χ1) is 12.0. The Morgan fingerprint density at radius 3 is 2.48 bits per heavy atom. The van der Waals surface area contributed by atoms with Gasteiger partial charge in [-0.1, -0.05) is 43.7 Å². The minimum Gasteiger partial charge on any atom is -0.506 e. The molecule has 0 saturated carbocycles. The lowest BCUT2D eigenvalue weighted by molar-refractivity contribution is 0.0520. The third-order valence-electron chi connectivity index (χ3n) is 4.23. The van der Waals surface area contributed by atoms with Gasteiger partial charge in [0.15, 0.2) is 0 Å². The summed E-state index contributed by atoms with van der Waals surface area (Å²) in [6, 6.07) is 9.42. The van der Waals surface area contributed by atoms with Gasteiger partial charge in [0.1, 0.15) is 11.3 Å². The Kier molecular flexibility index (Phi) is 6.39. The molecule has 0 radical (unpaired) electrons. The summed E-state index contributed by atoms with van der Waals surface area (Å²) in [5, 5.41) is 10.6. The van der Waals surface area contributed by atoms with Crippen molar-refractivity contribution in [2.75, 3.05) is 6.61 Å². The SMILES string of the molecule is CCCCn1c(C)c(C(=O)OCC)c(O)c(Cc2ccccc2)c1=O. The van der Waals surface area contributed by atoms with E-state index in [4.69, 9.17) is 4.74 Å². The number of aromatic nitrogens is 1. The number of rotatable bonds is 7. The van der Waals surface area contributed by atoms with Crippen LogP contribution in [0.25, 0.3) is 0 Å². The molecule has 0 atom stereocenters. The van der Waals surface area contributed by atoms with E-state index in [1.54, 1.807) is 18.4 Å². The molecule has 2 aromatic rings. The maximum absolute atomic E-state index is 12.9. The van der Waals surface area contributed by atoms with Crippen LogP contribution in [0.15, 0.2) is 35.1 Å². The number of unbranched alkanes of at least 4 members (excludes halogenated alkanes) is 1. The molecule has 0 aliphatic carbocycles. The average Bonchev–Trinajstić information content (AvgIpc) is 2.60. The molecule has 1 N–H and O–H groups in total. The second-order valence-corrected chi connectivity index (χ2v) is 5.98. The molecular weight excluding hydrogens is 318 g/mol. The van der Waals surface area contributed by atoms with E-state index in [1.165, 1.54) is 0 Å². The number of carbonyl (C=O) groups is 1. The van der Waals surface area contributed by atoms with Gasteiger partial charge in [0.05, 0.1) is 12.2 Å². The van der Waals surface area contributed by atoms with E-state index in [9.17, 15) is 14.7 Å². The zero-order chi connectivity index (χ0) is 18.4. The van der Waals surface area contributed by atoms with Gasteiger partial charge in [-0.2, -0.15) is 0 Å². The molecule has 0 aliphatic rings. The molecule has 0 amide bonds. The van der Waals surface area contributed by atoms with Crippen molar-refractivity contribution in [3.63, 3.8) is 0 Å². The number of ether oxygens (including phenoxy) is 1. The van der Waals surface area contributed by atoms with E-state index in [0.29, 0.717) is 12.2 Å². The normalized spacial score (nSPS) is 10.7. The second-order valence-electron chi connectivity index (χ2n) is 5.98. The molecule has 5 nitrogen and oxygen atoms in total. The second kappa shape index (κ2) is 8.51. The highest BCUT2D eigenvalue weighted by atomic mass is 16.5. The van der Waals surface area contributed by atoms with Crippen LogP contribution < -0.4 is 5.56 Å². The summed E-state index contributed by atoms with van der Waals surface area (Å²) in [6.07, 6.45) is 2.01. The summed E-state index contributed by atoms with van der Waals surface area (Å²) in [7, 11) is 0. The van der Waals surface area contributed by atoms with Crippen molar-refractivity contribution >= 4 is 5.97 Å². The molecule has 1 aromatic heterocycles. The Morgan fingerprint density at radius 2 is 1.88 bits per heavy atom. The molecule has 0 saturated heterocycles. The van der Waals surface area contributed by atoms with Gasteiger partial charge in [0.25, 0.3) is 5.56 Å². The number of pyridine rings is 1. The zero-order valence-electron chi connectivity index (χ0n) is 15.0. The van der Waals surface area contributed by atoms with E-state index in [2.05, 4.69) is 0 Å². The molecule has 5 heteroatoms. The van der Waals surface area contributed by atoms with Gasteiger partial charge < -0.3 is 14.4 Å². The predicted octanol–water partition coefficient (Wildman–Crippen LogP) is 3.43. The van der Waals surface area contributed by atoms with Crippen LogP contribution in [0.1, 0.15) is 53.9 Å². The first kappa shape index (κ1) is 18.8. The molecule has 0 fully saturated rings. The molecule has 1 heterocycles. The summed E-state index contributed by atoms with van der Waals surface area (Å²) in [4.78, 5) is 25.2. The number of hydrogen-bond donors (Lipinski definition) is 1. The minimum absolute atomic E-state index is 0.0866. The van der Waals surface area contributed by atoms with E-state index in [-0.39, 0.29) is 35.5 Å². The third-order valence-corrected chi connectivity index (χ3v) is 4.23. The smallest absolute Gasteiger partial charge is 0.343 e. The molecule has 0 unspecified atom stereocenters. The van der Waals surface area contributed by atoms with Crippen LogP contribution in [0, 0.1) is 6.92 Å². The summed E-state index contributed by atoms with van der Waals surface area (Å²) >= 11 is 0. The van der Waals surface area contributed by atoms with Crippen molar-refractivity contribution in [1.82, 2.24) is 4.57 Å². The van der Waals surface area contributed by atoms with Crippen molar-refractivity contribution in [2.45, 2.75) is 46.6 Å². The van der Waals surface area contributed by atoms with Crippen LogP contribution in [-0.2, 0) is 17.7 Å². The van der Waals surface area contributed by atoms with E-state index >= 15 is 0 Å². The molecule has 0 bridgehead atoms. The highest BCUT2D eigenvalue weighted by molar-refractivity contribution is 5.94. The van der Waals surface area contributed by atoms with Gasteiger partial charge >= 0.3 is 5.97 Å². The Morgan fingerprint density at radius 1 is 1.20 bits per heavy atom. The molecular formula is C20H25NO4. The van der Waals surface area contributed by atoms with Crippen LogP contribution in [0.3, 0.4) is 0 Å². The Balaban J connectivity index is 2.62. The van der Waals surface area contributed by atoms with Crippen molar-refractivity contribution in [3.05, 3.63) is 63.1 Å². The maximum Gasteiger partial charge on any atom is 0.343 e. The van der Waals surface area contributed by atoms with Gasteiger partial charge in [-0.3, -0.25) is 4.79 Å². The number of esters is 1.